The summed E-state index contributed by atoms with van der Waals surface area (Å²) in [6.07, 6.45) is 6.16. The molecule has 0 spiro atoms. The van der Waals surface area contributed by atoms with Gasteiger partial charge in [0.25, 0.3) is 0 Å². The third-order valence-corrected chi connectivity index (χ3v) is 3.24. The Labute approximate surface area is 106 Å². The standard InChI is InChI=1S/C15H17FO2/c1-18-14-7-6-12(15(16)10-14)9-13(17)8-11-4-2-3-5-11/h6-8,10H,2-5,9H2,1H3. The van der Waals surface area contributed by atoms with Gasteiger partial charge >= 0.3 is 0 Å². The van der Waals surface area contributed by atoms with E-state index in [0.29, 0.717) is 11.3 Å². The molecule has 0 bridgehead atoms. The third kappa shape index (κ3) is 3.19. The van der Waals surface area contributed by atoms with E-state index in [1.165, 1.54) is 18.7 Å². The van der Waals surface area contributed by atoms with Gasteiger partial charge < -0.3 is 4.74 Å². The molecule has 1 saturated carbocycles. The van der Waals surface area contributed by atoms with Crippen molar-refractivity contribution in [3.8, 4) is 5.75 Å². The molecule has 0 amide bonds. The number of ketones is 1. The van der Waals surface area contributed by atoms with Crippen LogP contribution >= 0.6 is 0 Å². The van der Waals surface area contributed by atoms with E-state index in [9.17, 15) is 9.18 Å². The summed E-state index contributed by atoms with van der Waals surface area (Å²) >= 11 is 0. The van der Waals surface area contributed by atoms with Crippen molar-refractivity contribution in [1.29, 1.82) is 0 Å². The quantitative estimate of drug-likeness (QED) is 0.763. The van der Waals surface area contributed by atoms with Crippen LogP contribution in [0.25, 0.3) is 0 Å². The SMILES string of the molecule is COc1ccc(CC(=O)C=C2CCCC2)c(F)c1. The van der Waals surface area contributed by atoms with Crippen molar-refractivity contribution in [2.24, 2.45) is 0 Å². The van der Waals surface area contributed by atoms with E-state index < -0.39 is 0 Å². The number of methoxy groups -OCH3 is 1. The lowest BCUT2D eigenvalue weighted by molar-refractivity contribution is -0.114. The minimum atomic E-state index is -0.382. The molecule has 3 heteroatoms. The zero-order valence-electron chi connectivity index (χ0n) is 10.5. The fourth-order valence-corrected chi connectivity index (χ4v) is 2.24. The predicted octanol–water partition coefficient (Wildman–Crippen LogP) is 3.45. The minimum Gasteiger partial charge on any atom is -0.497 e. The van der Waals surface area contributed by atoms with Crippen LogP contribution in [0.1, 0.15) is 31.2 Å². The molecule has 0 aromatic heterocycles. The number of carbonyl (C=O) groups is 1. The second-order valence-electron chi connectivity index (χ2n) is 4.61. The van der Waals surface area contributed by atoms with Gasteiger partial charge in [-0.1, -0.05) is 11.6 Å². The number of allylic oxidation sites excluding steroid dienone is 2. The van der Waals surface area contributed by atoms with E-state index in [0.717, 1.165) is 25.7 Å². The highest BCUT2D eigenvalue weighted by atomic mass is 19.1. The average molecular weight is 248 g/mol. The predicted molar refractivity (Wildman–Crippen MR) is 68.2 cm³/mol. The summed E-state index contributed by atoms with van der Waals surface area (Å²) in [5.41, 5.74) is 1.63. The first-order chi connectivity index (χ1) is 8.69. The van der Waals surface area contributed by atoms with Gasteiger partial charge in [0.2, 0.25) is 0 Å². The molecule has 0 radical (unpaired) electrons. The van der Waals surface area contributed by atoms with E-state index in [2.05, 4.69) is 0 Å². The Morgan fingerprint density at radius 3 is 2.72 bits per heavy atom. The molecule has 0 saturated heterocycles. The molecule has 2 nitrogen and oxygen atoms in total. The average Bonchev–Trinajstić information content (AvgIpc) is 2.84. The molecule has 0 unspecified atom stereocenters. The van der Waals surface area contributed by atoms with E-state index in [4.69, 9.17) is 4.74 Å². The highest BCUT2D eigenvalue weighted by molar-refractivity contribution is 5.92. The van der Waals surface area contributed by atoms with Gasteiger partial charge in [-0.3, -0.25) is 4.79 Å². The maximum absolute atomic E-state index is 13.7. The molecule has 1 aromatic rings. The fraction of sp³-hybridized carbons (Fsp3) is 0.400. The van der Waals surface area contributed by atoms with E-state index in [1.807, 2.05) is 0 Å². The Hall–Kier alpha value is -1.64. The van der Waals surface area contributed by atoms with Crippen LogP contribution in [0.4, 0.5) is 4.39 Å². The summed E-state index contributed by atoms with van der Waals surface area (Å²) in [4.78, 5) is 11.8. The number of hydrogen-bond donors (Lipinski definition) is 0. The second-order valence-corrected chi connectivity index (χ2v) is 4.61. The van der Waals surface area contributed by atoms with E-state index in [1.54, 1.807) is 18.2 Å². The van der Waals surface area contributed by atoms with Crippen LogP contribution in [0.2, 0.25) is 0 Å². The van der Waals surface area contributed by atoms with Crippen molar-refractivity contribution >= 4 is 5.78 Å². The van der Waals surface area contributed by atoms with Crippen LogP contribution in [0.3, 0.4) is 0 Å². The molecule has 96 valence electrons. The summed E-state index contributed by atoms with van der Waals surface area (Å²) in [5.74, 6) is 0.0707. The van der Waals surface area contributed by atoms with Crippen molar-refractivity contribution in [2.45, 2.75) is 32.1 Å². The van der Waals surface area contributed by atoms with Gasteiger partial charge in [-0.05, 0) is 43.4 Å². The Kier molecular flexibility index (Phi) is 4.13. The van der Waals surface area contributed by atoms with E-state index in [-0.39, 0.29) is 18.0 Å². The highest BCUT2D eigenvalue weighted by Crippen LogP contribution is 2.24. The summed E-state index contributed by atoms with van der Waals surface area (Å²) < 4.78 is 18.6. The van der Waals surface area contributed by atoms with Crippen molar-refractivity contribution in [3.05, 3.63) is 41.2 Å². The Balaban J connectivity index is 2.04. The van der Waals surface area contributed by atoms with Gasteiger partial charge in [-0.2, -0.15) is 0 Å². The monoisotopic (exact) mass is 248 g/mol. The maximum atomic E-state index is 13.7. The van der Waals surface area contributed by atoms with Crippen molar-refractivity contribution in [3.63, 3.8) is 0 Å². The molecular formula is C15H17FO2. The Morgan fingerprint density at radius 1 is 1.39 bits per heavy atom. The van der Waals surface area contributed by atoms with Gasteiger partial charge in [0, 0.05) is 12.5 Å². The Morgan fingerprint density at radius 2 is 2.11 bits per heavy atom. The molecule has 1 aliphatic rings. The van der Waals surface area contributed by atoms with Gasteiger partial charge in [0.15, 0.2) is 5.78 Å². The van der Waals surface area contributed by atoms with Gasteiger partial charge in [0.1, 0.15) is 11.6 Å². The molecule has 0 aliphatic heterocycles. The molecule has 0 heterocycles. The summed E-state index contributed by atoms with van der Waals surface area (Å²) in [5, 5.41) is 0. The molecule has 1 fully saturated rings. The van der Waals surface area contributed by atoms with Gasteiger partial charge in [-0.15, -0.1) is 0 Å². The number of hydrogen-bond acceptors (Lipinski definition) is 2. The summed E-state index contributed by atoms with van der Waals surface area (Å²) in [6, 6.07) is 4.60. The summed E-state index contributed by atoms with van der Waals surface area (Å²) in [7, 11) is 1.49. The zero-order valence-corrected chi connectivity index (χ0v) is 10.5. The van der Waals surface area contributed by atoms with Crippen LogP contribution in [0, 0.1) is 5.82 Å². The van der Waals surface area contributed by atoms with Crippen LogP contribution in [0.15, 0.2) is 29.8 Å². The topological polar surface area (TPSA) is 26.3 Å². The molecular weight excluding hydrogens is 231 g/mol. The Bertz CT molecular complexity index is 469. The molecule has 0 N–H and O–H groups in total. The molecule has 1 aromatic carbocycles. The number of benzene rings is 1. The molecule has 2 rings (SSSR count). The largest absolute Gasteiger partial charge is 0.497 e. The number of ether oxygens (including phenoxy) is 1. The van der Waals surface area contributed by atoms with Crippen molar-refractivity contribution in [1.82, 2.24) is 0 Å². The lowest BCUT2D eigenvalue weighted by Gasteiger charge is -2.04. The molecule has 0 atom stereocenters. The summed E-state index contributed by atoms with van der Waals surface area (Å²) in [6.45, 7) is 0. The van der Waals surface area contributed by atoms with E-state index >= 15 is 0 Å². The first-order valence-corrected chi connectivity index (χ1v) is 6.24. The highest BCUT2D eigenvalue weighted by Gasteiger charge is 2.11. The third-order valence-electron chi connectivity index (χ3n) is 3.24. The first kappa shape index (κ1) is 12.8. The lowest BCUT2D eigenvalue weighted by atomic mass is 10.1. The second kappa shape index (κ2) is 5.80. The number of carbonyl (C=O) groups excluding carboxylic acids is 1. The van der Waals surface area contributed by atoms with Gasteiger partial charge in [-0.25, -0.2) is 4.39 Å². The molecule has 1 aliphatic carbocycles. The fourth-order valence-electron chi connectivity index (χ4n) is 2.24. The van der Waals surface area contributed by atoms with Crippen molar-refractivity contribution < 1.29 is 13.9 Å². The minimum absolute atomic E-state index is 0.0176. The zero-order chi connectivity index (χ0) is 13.0. The number of rotatable bonds is 4. The van der Waals surface area contributed by atoms with Crippen LogP contribution in [-0.2, 0) is 11.2 Å². The van der Waals surface area contributed by atoms with Crippen LogP contribution in [-0.4, -0.2) is 12.9 Å². The lowest BCUT2D eigenvalue weighted by Crippen LogP contribution is -2.02. The van der Waals surface area contributed by atoms with Gasteiger partial charge in [0.05, 0.1) is 7.11 Å². The van der Waals surface area contributed by atoms with Crippen LogP contribution in [0.5, 0.6) is 5.75 Å². The normalized spacial score (nSPS) is 14.7. The maximum Gasteiger partial charge on any atom is 0.160 e. The molecule has 18 heavy (non-hydrogen) atoms. The first-order valence-electron chi connectivity index (χ1n) is 6.24. The smallest absolute Gasteiger partial charge is 0.160 e. The van der Waals surface area contributed by atoms with Crippen molar-refractivity contribution in [2.75, 3.05) is 7.11 Å². The number of halogens is 1. The van der Waals surface area contributed by atoms with Crippen LogP contribution < -0.4 is 4.74 Å².